The maximum Gasteiger partial charge on any atom is 0.0541 e. The summed E-state index contributed by atoms with van der Waals surface area (Å²) in [6.45, 7) is 9.75. The van der Waals surface area contributed by atoms with Crippen LogP contribution < -0.4 is 0 Å². The maximum absolute atomic E-state index is 2.47. The average Bonchev–Trinajstić information content (AvgIpc) is 3.97. The third kappa shape index (κ3) is 4.75. The molecule has 2 aliphatic carbocycles. The number of benzene rings is 9. The molecule has 0 saturated carbocycles. The SMILES string of the molecule is CC1(C)c2ccc(-c3ccc4c(c3)c3cc(-c5ccccc5)ccc3n4-c3ccccc3)cc2-c2ccc3c(c21)C(C)(C)c1ccc(-n2c4ccccc4c4ccccc42)cc1-3. The van der Waals surface area contributed by atoms with Crippen LogP contribution in [0.5, 0.6) is 0 Å². The summed E-state index contributed by atoms with van der Waals surface area (Å²) in [6.07, 6.45) is 0. The van der Waals surface area contributed by atoms with Gasteiger partial charge in [0.05, 0.1) is 22.1 Å². The van der Waals surface area contributed by atoms with Gasteiger partial charge in [0.2, 0.25) is 0 Å². The highest BCUT2D eigenvalue weighted by molar-refractivity contribution is 6.12. The van der Waals surface area contributed by atoms with Crippen molar-refractivity contribution >= 4 is 43.6 Å². The normalized spacial score (nSPS) is 14.4. The lowest BCUT2D eigenvalue weighted by molar-refractivity contribution is 0.601. The monoisotopic (exact) mass is 792 g/mol. The molecule has 0 spiro atoms. The Morgan fingerprint density at radius 2 is 0.726 bits per heavy atom. The molecule has 9 aromatic carbocycles. The van der Waals surface area contributed by atoms with Crippen molar-refractivity contribution in [1.82, 2.24) is 9.13 Å². The van der Waals surface area contributed by atoms with Gasteiger partial charge in [-0.2, -0.15) is 0 Å². The van der Waals surface area contributed by atoms with Crippen LogP contribution in [-0.2, 0) is 10.8 Å². The van der Waals surface area contributed by atoms with Crippen molar-refractivity contribution in [2.75, 3.05) is 0 Å². The minimum atomic E-state index is -0.162. The highest BCUT2D eigenvalue weighted by atomic mass is 15.0. The van der Waals surface area contributed by atoms with Crippen molar-refractivity contribution in [1.29, 1.82) is 0 Å². The zero-order chi connectivity index (χ0) is 41.5. The molecule has 0 radical (unpaired) electrons. The number of para-hydroxylation sites is 3. The summed E-state index contributed by atoms with van der Waals surface area (Å²) in [5.41, 5.74) is 23.1. The van der Waals surface area contributed by atoms with Gasteiger partial charge in [-0.1, -0.05) is 155 Å². The number of fused-ring (bicyclic) bond motifs is 13. The van der Waals surface area contributed by atoms with Crippen LogP contribution >= 0.6 is 0 Å². The Kier molecular flexibility index (Phi) is 7.16. The van der Waals surface area contributed by atoms with E-state index in [9.17, 15) is 0 Å². The van der Waals surface area contributed by atoms with Crippen LogP contribution in [0.3, 0.4) is 0 Å². The largest absolute Gasteiger partial charge is 0.309 e. The fourth-order valence-corrected chi connectivity index (χ4v) is 11.6. The van der Waals surface area contributed by atoms with Crippen LogP contribution in [0.25, 0.3) is 99.5 Å². The molecule has 0 unspecified atom stereocenters. The van der Waals surface area contributed by atoms with E-state index in [1.807, 2.05) is 0 Å². The second kappa shape index (κ2) is 12.6. The van der Waals surface area contributed by atoms with E-state index in [4.69, 9.17) is 0 Å². The number of aromatic nitrogens is 2. The van der Waals surface area contributed by atoms with E-state index in [-0.39, 0.29) is 10.8 Å². The fourth-order valence-electron chi connectivity index (χ4n) is 11.6. The first-order valence-corrected chi connectivity index (χ1v) is 21.9. The predicted octanol–water partition coefficient (Wildman–Crippen LogP) is 15.8. The Labute approximate surface area is 362 Å². The highest BCUT2D eigenvalue weighted by Gasteiger charge is 2.46. The lowest BCUT2D eigenvalue weighted by Crippen LogP contribution is -2.24. The van der Waals surface area contributed by atoms with Crippen molar-refractivity contribution < 1.29 is 0 Å². The second-order valence-electron chi connectivity index (χ2n) is 18.5. The number of rotatable bonds is 4. The maximum atomic E-state index is 2.47. The van der Waals surface area contributed by atoms with E-state index in [0.717, 1.165) is 0 Å². The minimum absolute atomic E-state index is 0.159. The molecule has 0 aliphatic heterocycles. The third-order valence-corrected chi connectivity index (χ3v) is 14.5. The molecule has 2 heterocycles. The summed E-state index contributed by atoms with van der Waals surface area (Å²) in [7, 11) is 0. The Balaban J connectivity index is 0.957. The molecule has 13 rings (SSSR count). The van der Waals surface area contributed by atoms with Gasteiger partial charge < -0.3 is 9.13 Å². The number of nitrogens with zero attached hydrogens (tertiary/aromatic N) is 2. The van der Waals surface area contributed by atoms with E-state index in [1.54, 1.807) is 0 Å². The molecule has 0 saturated heterocycles. The van der Waals surface area contributed by atoms with Gasteiger partial charge in [-0.3, -0.25) is 0 Å². The summed E-state index contributed by atoms with van der Waals surface area (Å²) in [6, 6.07) is 72.4. The molecule has 0 bridgehead atoms. The van der Waals surface area contributed by atoms with E-state index in [2.05, 4.69) is 231 Å². The summed E-state index contributed by atoms with van der Waals surface area (Å²) in [4.78, 5) is 0. The van der Waals surface area contributed by atoms with Crippen LogP contribution in [-0.4, -0.2) is 9.13 Å². The van der Waals surface area contributed by atoms with Crippen molar-refractivity contribution in [3.05, 3.63) is 216 Å². The third-order valence-electron chi connectivity index (χ3n) is 14.5. The van der Waals surface area contributed by atoms with E-state index < -0.39 is 0 Å². The summed E-state index contributed by atoms with van der Waals surface area (Å²) in [5, 5.41) is 5.10. The molecule has 2 aliphatic rings. The van der Waals surface area contributed by atoms with Gasteiger partial charge in [0.25, 0.3) is 0 Å². The molecule has 0 N–H and O–H groups in total. The zero-order valence-electron chi connectivity index (χ0n) is 35.4. The van der Waals surface area contributed by atoms with Gasteiger partial charge in [0.15, 0.2) is 0 Å². The first kappa shape index (κ1) is 35.3. The summed E-state index contributed by atoms with van der Waals surface area (Å²) < 4.78 is 4.86. The highest BCUT2D eigenvalue weighted by Crippen LogP contribution is 2.59. The Morgan fingerprint density at radius 1 is 0.290 bits per heavy atom. The van der Waals surface area contributed by atoms with Gasteiger partial charge in [-0.25, -0.2) is 0 Å². The minimum Gasteiger partial charge on any atom is -0.309 e. The van der Waals surface area contributed by atoms with Crippen molar-refractivity contribution in [2.45, 2.75) is 38.5 Å². The fraction of sp³-hybridized carbons (Fsp3) is 0.100. The average molecular weight is 793 g/mol. The van der Waals surface area contributed by atoms with E-state index in [0.29, 0.717) is 0 Å². The predicted molar refractivity (Wildman–Crippen MR) is 261 cm³/mol. The number of hydrogen-bond donors (Lipinski definition) is 0. The Morgan fingerprint density at radius 3 is 1.32 bits per heavy atom. The Hall–Kier alpha value is -7.42. The molecule has 11 aromatic rings. The van der Waals surface area contributed by atoms with Gasteiger partial charge in [-0.15, -0.1) is 0 Å². The standard InChI is InChI=1S/C60H44N2/c1-59(2)51-29-23-39(40-25-32-56-50(35-40)49-34-38(37-15-7-5-8-16-37)24-31-55(49)61(56)41-17-9-6-10-18-41)33-47(51)45-27-28-46-48-36-42(26-30-52(48)60(3,4)58(46)57(45)59)62-53-21-13-11-19-43(53)44-20-12-14-22-54(44)62/h5-36H,1-4H3. The number of hydrogen-bond acceptors (Lipinski definition) is 0. The first-order chi connectivity index (χ1) is 30.3. The summed E-state index contributed by atoms with van der Waals surface area (Å²) >= 11 is 0. The molecule has 0 fully saturated rings. The van der Waals surface area contributed by atoms with Crippen LogP contribution in [0.2, 0.25) is 0 Å². The summed E-state index contributed by atoms with van der Waals surface area (Å²) in [5.74, 6) is 0. The van der Waals surface area contributed by atoms with Gasteiger partial charge >= 0.3 is 0 Å². The molecular formula is C60H44N2. The van der Waals surface area contributed by atoms with Crippen molar-refractivity contribution in [3.8, 4) is 55.9 Å². The van der Waals surface area contributed by atoms with Gasteiger partial charge in [0.1, 0.15) is 0 Å². The second-order valence-corrected chi connectivity index (χ2v) is 18.5. The van der Waals surface area contributed by atoms with Crippen molar-refractivity contribution in [3.63, 3.8) is 0 Å². The molecule has 62 heavy (non-hydrogen) atoms. The molecule has 0 amide bonds. The van der Waals surface area contributed by atoms with E-state index in [1.165, 1.54) is 122 Å². The van der Waals surface area contributed by atoms with Crippen LogP contribution in [0.1, 0.15) is 49.9 Å². The molecule has 294 valence electrons. The molecular weight excluding hydrogens is 749 g/mol. The van der Waals surface area contributed by atoms with Crippen LogP contribution in [0, 0.1) is 0 Å². The molecule has 2 heteroatoms. The first-order valence-electron chi connectivity index (χ1n) is 21.9. The molecule has 0 atom stereocenters. The van der Waals surface area contributed by atoms with Gasteiger partial charge in [0, 0.05) is 43.7 Å². The quantitative estimate of drug-likeness (QED) is 0.168. The van der Waals surface area contributed by atoms with Crippen LogP contribution in [0.4, 0.5) is 0 Å². The Bertz CT molecular complexity index is 3620. The van der Waals surface area contributed by atoms with Crippen LogP contribution in [0.15, 0.2) is 194 Å². The molecule has 2 nitrogen and oxygen atoms in total. The topological polar surface area (TPSA) is 9.86 Å². The van der Waals surface area contributed by atoms with Gasteiger partial charge in [-0.05, 0) is 133 Å². The van der Waals surface area contributed by atoms with E-state index >= 15 is 0 Å². The lowest BCUT2D eigenvalue weighted by atomic mass is 9.72. The zero-order valence-corrected chi connectivity index (χ0v) is 35.4. The molecule has 2 aromatic heterocycles. The lowest BCUT2D eigenvalue weighted by Gasteiger charge is -2.30. The smallest absolute Gasteiger partial charge is 0.0541 e. The van der Waals surface area contributed by atoms with Crippen molar-refractivity contribution in [2.24, 2.45) is 0 Å².